The van der Waals surface area contributed by atoms with Crippen molar-refractivity contribution >= 4 is 19.4 Å². The summed E-state index contributed by atoms with van der Waals surface area (Å²) < 4.78 is 6.70. The van der Waals surface area contributed by atoms with Crippen LogP contribution in [0.4, 0.5) is 0 Å². The molecule has 0 spiro atoms. The Hall–Kier alpha value is -2.75. The molecule has 10 heteroatoms. The van der Waals surface area contributed by atoms with Gasteiger partial charge in [0.25, 0.3) is 11.9 Å². The number of hydrogen-bond acceptors (Lipinski definition) is 7. The van der Waals surface area contributed by atoms with Crippen molar-refractivity contribution in [3.8, 4) is 5.95 Å². The molecule has 0 bridgehead atoms. The Morgan fingerprint density at radius 1 is 1.32 bits per heavy atom. The summed E-state index contributed by atoms with van der Waals surface area (Å²) in [6.07, 6.45) is 6.81. The lowest BCUT2D eigenvalue weighted by Crippen LogP contribution is -2.29. The van der Waals surface area contributed by atoms with E-state index in [1.54, 1.807) is 24.5 Å². The molecule has 3 heterocycles. The normalized spacial score (nSPS) is 14.6. The van der Waals surface area contributed by atoms with Crippen LogP contribution in [0.2, 0.25) is 0 Å². The van der Waals surface area contributed by atoms with E-state index in [1.165, 1.54) is 11.0 Å². The maximum atomic E-state index is 12.3. The molecule has 1 atom stereocenters. The number of nitrogens with one attached hydrogen (secondary N) is 1. The lowest BCUT2D eigenvalue weighted by molar-refractivity contribution is 0.0928. The molecule has 0 aromatic carbocycles. The molecule has 4 rings (SSSR count). The molecular weight excluding hydrogens is 342 g/mol. The van der Waals surface area contributed by atoms with Crippen LogP contribution in [-0.2, 0) is 0 Å². The first-order valence-corrected chi connectivity index (χ1v) is 7.67. The molecule has 0 aliphatic heterocycles. The van der Waals surface area contributed by atoms with Crippen molar-refractivity contribution in [2.24, 2.45) is 0 Å². The summed E-state index contributed by atoms with van der Waals surface area (Å²) in [6, 6.07) is 3.02. The first-order chi connectivity index (χ1) is 11.7. The second-order valence-corrected chi connectivity index (χ2v) is 5.66. The minimum Gasteiger partial charge on any atom is -0.360 e. The topological polar surface area (TPSA) is 112 Å². The third-order valence-corrected chi connectivity index (χ3v) is 3.79. The van der Waals surface area contributed by atoms with Crippen molar-refractivity contribution in [1.29, 1.82) is 0 Å². The fraction of sp³-hybridized carbons (Fsp3) is 0.333. The smallest absolute Gasteiger partial charge is 0.274 e. The molecule has 1 aliphatic rings. The fourth-order valence-electron chi connectivity index (χ4n) is 2.39. The average molecular weight is 359 g/mol. The Morgan fingerprint density at radius 3 is 2.80 bits per heavy atom. The van der Waals surface area contributed by atoms with Crippen LogP contribution >= 0.6 is 13.5 Å². The summed E-state index contributed by atoms with van der Waals surface area (Å²) >= 11 is 0. The van der Waals surface area contributed by atoms with Crippen molar-refractivity contribution in [3.05, 3.63) is 48.1 Å². The summed E-state index contributed by atoms with van der Waals surface area (Å²) in [6.45, 7) is 1.81. The van der Waals surface area contributed by atoms with Crippen LogP contribution < -0.4 is 5.32 Å². The number of rotatable bonds is 5. The van der Waals surface area contributed by atoms with Gasteiger partial charge in [-0.1, -0.05) is 5.16 Å². The third kappa shape index (κ3) is 3.53. The Bertz CT molecular complexity index is 860. The highest BCUT2D eigenvalue weighted by atomic mass is 32.1. The SMILES string of the molecule is C[C@@H](NC(=O)c1cc(C2CC2)on1)c1ncnn1-c1ncccn1.S. The molecule has 0 unspecified atom stereocenters. The van der Waals surface area contributed by atoms with Gasteiger partial charge in [-0.2, -0.15) is 23.3 Å². The number of nitrogens with zero attached hydrogens (tertiary/aromatic N) is 6. The molecule has 130 valence electrons. The summed E-state index contributed by atoms with van der Waals surface area (Å²) in [7, 11) is 0. The van der Waals surface area contributed by atoms with E-state index in [9.17, 15) is 4.79 Å². The van der Waals surface area contributed by atoms with Gasteiger partial charge >= 0.3 is 0 Å². The maximum Gasteiger partial charge on any atom is 0.274 e. The van der Waals surface area contributed by atoms with Crippen LogP contribution in [0, 0.1) is 0 Å². The highest BCUT2D eigenvalue weighted by molar-refractivity contribution is 7.59. The lowest BCUT2D eigenvalue weighted by Gasteiger charge is -2.12. The van der Waals surface area contributed by atoms with E-state index in [1.807, 2.05) is 6.92 Å². The summed E-state index contributed by atoms with van der Waals surface area (Å²) in [5.41, 5.74) is 0.269. The molecule has 0 saturated heterocycles. The third-order valence-electron chi connectivity index (χ3n) is 3.79. The van der Waals surface area contributed by atoms with Gasteiger partial charge in [0.1, 0.15) is 12.1 Å². The largest absolute Gasteiger partial charge is 0.360 e. The molecule has 25 heavy (non-hydrogen) atoms. The van der Waals surface area contributed by atoms with E-state index in [2.05, 4.69) is 30.5 Å². The minimum absolute atomic E-state index is 0. The van der Waals surface area contributed by atoms with Gasteiger partial charge < -0.3 is 9.84 Å². The Labute approximate surface area is 150 Å². The van der Waals surface area contributed by atoms with E-state index in [0.717, 1.165) is 18.6 Å². The zero-order valence-corrected chi connectivity index (χ0v) is 14.5. The molecule has 1 saturated carbocycles. The van der Waals surface area contributed by atoms with E-state index in [4.69, 9.17) is 4.52 Å². The maximum absolute atomic E-state index is 12.3. The van der Waals surface area contributed by atoms with Gasteiger partial charge in [-0.3, -0.25) is 4.79 Å². The highest BCUT2D eigenvalue weighted by Crippen LogP contribution is 2.40. The van der Waals surface area contributed by atoms with Gasteiger partial charge in [-0.05, 0) is 25.8 Å². The zero-order valence-electron chi connectivity index (χ0n) is 13.5. The molecule has 9 nitrogen and oxygen atoms in total. The summed E-state index contributed by atoms with van der Waals surface area (Å²) in [5, 5.41) is 10.8. The Morgan fingerprint density at radius 2 is 2.08 bits per heavy atom. The van der Waals surface area contributed by atoms with E-state index < -0.39 is 6.04 Å². The predicted molar refractivity (Wildman–Crippen MR) is 91.7 cm³/mol. The first kappa shape index (κ1) is 17.1. The van der Waals surface area contributed by atoms with Gasteiger partial charge in [-0.15, -0.1) is 0 Å². The number of carbonyl (C=O) groups excluding carboxylic acids is 1. The van der Waals surface area contributed by atoms with Crippen molar-refractivity contribution in [2.75, 3.05) is 0 Å². The first-order valence-electron chi connectivity index (χ1n) is 7.67. The second kappa shape index (κ2) is 7.01. The summed E-state index contributed by atoms with van der Waals surface area (Å²) in [4.78, 5) is 24.8. The quantitative estimate of drug-likeness (QED) is 0.735. The van der Waals surface area contributed by atoms with Crippen molar-refractivity contribution in [1.82, 2.24) is 35.2 Å². The van der Waals surface area contributed by atoms with Crippen LogP contribution in [0.3, 0.4) is 0 Å². The lowest BCUT2D eigenvalue weighted by atomic mass is 10.2. The van der Waals surface area contributed by atoms with Crippen molar-refractivity contribution in [3.63, 3.8) is 0 Å². The summed E-state index contributed by atoms with van der Waals surface area (Å²) in [5.74, 6) is 1.79. The monoisotopic (exact) mass is 359 g/mol. The molecule has 3 aromatic heterocycles. The predicted octanol–water partition coefficient (Wildman–Crippen LogP) is 1.53. The fourth-order valence-corrected chi connectivity index (χ4v) is 2.39. The van der Waals surface area contributed by atoms with Gasteiger partial charge in [0.05, 0.1) is 6.04 Å². The molecule has 1 amide bonds. The minimum atomic E-state index is -0.398. The molecule has 1 N–H and O–H groups in total. The second-order valence-electron chi connectivity index (χ2n) is 5.66. The Kier molecular flexibility index (Phi) is 4.79. The molecule has 1 aliphatic carbocycles. The van der Waals surface area contributed by atoms with Gasteiger partial charge in [0, 0.05) is 24.4 Å². The van der Waals surface area contributed by atoms with Crippen LogP contribution in [0.1, 0.15) is 53.8 Å². The van der Waals surface area contributed by atoms with Crippen LogP contribution in [0.5, 0.6) is 0 Å². The van der Waals surface area contributed by atoms with E-state index >= 15 is 0 Å². The van der Waals surface area contributed by atoms with Crippen LogP contribution in [-0.4, -0.2) is 35.8 Å². The van der Waals surface area contributed by atoms with Gasteiger partial charge in [0.15, 0.2) is 11.5 Å². The molecule has 3 aromatic rings. The van der Waals surface area contributed by atoms with Crippen LogP contribution in [0.25, 0.3) is 5.95 Å². The molecule has 0 radical (unpaired) electrons. The highest BCUT2D eigenvalue weighted by Gasteiger charge is 2.29. The average Bonchev–Trinajstić information content (AvgIpc) is 3.14. The number of hydrogen-bond donors (Lipinski definition) is 1. The van der Waals surface area contributed by atoms with Gasteiger partial charge in [-0.25, -0.2) is 15.0 Å². The number of carbonyl (C=O) groups is 1. The number of aromatic nitrogens is 6. The van der Waals surface area contributed by atoms with E-state index in [-0.39, 0.29) is 25.1 Å². The zero-order chi connectivity index (χ0) is 16.5. The van der Waals surface area contributed by atoms with Gasteiger partial charge in [0.2, 0.25) is 0 Å². The van der Waals surface area contributed by atoms with E-state index in [0.29, 0.717) is 17.7 Å². The molecular formula is C15H17N7O2S. The van der Waals surface area contributed by atoms with Crippen molar-refractivity contribution < 1.29 is 9.32 Å². The van der Waals surface area contributed by atoms with Crippen molar-refractivity contribution in [2.45, 2.75) is 31.7 Å². The van der Waals surface area contributed by atoms with Crippen LogP contribution in [0.15, 0.2) is 35.4 Å². The Balaban J connectivity index is 0.00000182. The standard InChI is InChI=1S/C15H15N7O2.H2S/c1-9(13-18-8-19-22(13)15-16-5-2-6-17-15)20-14(23)11-7-12(24-21-11)10-3-4-10;/h2,5-10H,3-4H2,1H3,(H,20,23);1H2/t9-;/m1./s1. The number of amides is 1. The molecule has 1 fully saturated rings.